The van der Waals surface area contributed by atoms with Gasteiger partial charge in [0.05, 0.1) is 6.54 Å². The topological polar surface area (TPSA) is 78.9 Å². The molecule has 4 rings (SSSR count). The van der Waals surface area contributed by atoms with E-state index in [0.29, 0.717) is 17.9 Å². The highest BCUT2D eigenvalue weighted by molar-refractivity contribution is 5.57. The van der Waals surface area contributed by atoms with E-state index >= 15 is 0 Å². The van der Waals surface area contributed by atoms with Gasteiger partial charge in [0.15, 0.2) is 0 Å². The number of halogens is 3. The van der Waals surface area contributed by atoms with E-state index in [9.17, 15) is 13.2 Å². The summed E-state index contributed by atoms with van der Waals surface area (Å²) in [7, 11) is 0. The van der Waals surface area contributed by atoms with E-state index in [1.165, 1.54) is 24.3 Å². The normalized spacial score (nSPS) is 11.5. The Hall–Kier alpha value is -3.95. The van der Waals surface area contributed by atoms with Crippen LogP contribution in [0.15, 0.2) is 59.6 Å². The monoisotopic (exact) mass is 427 g/mol. The third kappa shape index (κ3) is 4.80. The Bertz CT molecular complexity index is 1210. The summed E-state index contributed by atoms with van der Waals surface area (Å²) in [5, 5.41) is 8.29. The third-order valence-electron chi connectivity index (χ3n) is 4.34. The number of hydrogen-bond acceptors (Lipinski definition) is 6. The average molecular weight is 427 g/mol. The Morgan fingerprint density at radius 3 is 2.58 bits per heavy atom. The van der Waals surface area contributed by atoms with Crippen LogP contribution in [0.1, 0.15) is 17.0 Å². The molecule has 0 atom stereocenters. The van der Waals surface area contributed by atoms with Crippen LogP contribution in [0.3, 0.4) is 0 Å². The van der Waals surface area contributed by atoms with E-state index in [0.717, 1.165) is 11.1 Å². The summed E-state index contributed by atoms with van der Waals surface area (Å²) in [5.41, 5.74) is 2.50. The zero-order valence-corrected chi connectivity index (χ0v) is 16.3. The number of benzene rings is 2. The Kier molecular flexibility index (Phi) is 5.28. The highest BCUT2D eigenvalue weighted by Gasteiger charge is 2.31. The van der Waals surface area contributed by atoms with Gasteiger partial charge in [0.25, 0.3) is 5.89 Å². The second kappa shape index (κ2) is 8.05. The minimum absolute atomic E-state index is 0.104. The SMILES string of the molecule is C=Cc1cccc(Cn2nc(-c3nc(-c4ccc(OC(F)(F)F)cc4)no3)nc2C)c1. The first-order valence-corrected chi connectivity index (χ1v) is 9.14. The zero-order chi connectivity index (χ0) is 22.0. The number of rotatable bonds is 6. The first-order chi connectivity index (χ1) is 14.8. The maximum Gasteiger partial charge on any atom is 0.573 e. The summed E-state index contributed by atoms with van der Waals surface area (Å²) in [6.07, 6.45) is -2.99. The van der Waals surface area contributed by atoms with Gasteiger partial charge in [-0.15, -0.1) is 18.3 Å². The average Bonchev–Trinajstić information content (AvgIpc) is 3.35. The van der Waals surface area contributed by atoms with Crippen molar-refractivity contribution in [3.8, 4) is 28.9 Å². The summed E-state index contributed by atoms with van der Waals surface area (Å²) in [4.78, 5) is 8.62. The summed E-state index contributed by atoms with van der Waals surface area (Å²) in [5.74, 6) is 0.880. The smallest absolute Gasteiger partial charge is 0.406 e. The molecule has 2 aromatic carbocycles. The predicted molar refractivity (Wildman–Crippen MR) is 106 cm³/mol. The molecule has 0 N–H and O–H groups in total. The van der Waals surface area contributed by atoms with Gasteiger partial charge in [-0.05, 0) is 48.4 Å². The van der Waals surface area contributed by atoms with E-state index in [-0.39, 0.29) is 23.3 Å². The molecular formula is C21H16F3N5O2. The fraction of sp³-hybridized carbons (Fsp3) is 0.143. The predicted octanol–water partition coefficient (Wildman–Crippen LogP) is 4.89. The molecule has 0 unspecified atom stereocenters. The van der Waals surface area contributed by atoms with Crippen molar-refractivity contribution < 1.29 is 22.4 Å². The van der Waals surface area contributed by atoms with Crippen LogP contribution in [0.25, 0.3) is 29.2 Å². The minimum atomic E-state index is -4.75. The van der Waals surface area contributed by atoms with Gasteiger partial charge in [0.1, 0.15) is 11.6 Å². The molecule has 4 aromatic rings. The lowest BCUT2D eigenvalue weighted by molar-refractivity contribution is -0.274. The van der Waals surface area contributed by atoms with Crippen molar-refractivity contribution in [1.82, 2.24) is 24.9 Å². The van der Waals surface area contributed by atoms with Crippen molar-refractivity contribution in [3.63, 3.8) is 0 Å². The molecule has 0 saturated carbocycles. The molecule has 0 aliphatic heterocycles. The maximum absolute atomic E-state index is 12.3. The molecule has 0 amide bonds. The molecule has 0 fully saturated rings. The van der Waals surface area contributed by atoms with E-state index in [4.69, 9.17) is 4.52 Å². The van der Waals surface area contributed by atoms with Crippen molar-refractivity contribution in [3.05, 3.63) is 72.1 Å². The van der Waals surface area contributed by atoms with Crippen LogP contribution in [0.4, 0.5) is 13.2 Å². The van der Waals surface area contributed by atoms with Gasteiger partial charge in [0.2, 0.25) is 11.6 Å². The molecular weight excluding hydrogens is 411 g/mol. The second-order valence-electron chi connectivity index (χ2n) is 6.58. The third-order valence-corrected chi connectivity index (χ3v) is 4.34. The van der Waals surface area contributed by atoms with Gasteiger partial charge in [-0.25, -0.2) is 9.67 Å². The fourth-order valence-electron chi connectivity index (χ4n) is 2.89. The number of hydrogen-bond donors (Lipinski definition) is 0. The van der Waals surface area contributed by atoms with E-state index in [1.807, 2.05) is 31.2 Å². The number of ether oxygens (including phenoxy) is 1. The van der Waals surface area contributed by atoms with Crippen molar-refractivity contribution in [2.75, 3.05) is 0 Å². The maximum atomic E-state index is 12.3. The standard InChI is InChI=1S/C21H16F3N5O2/c1-3-14-5-4-6-15(11-14)12-29-13(2)25-19(27-29)20-26-18(28-31-20)16-7-9-17(10-8-16)30-21(22,23)24/h3-11H,1,12H2,2H3. The van der Waals surface area contributed by atoms with Crippen molar-refractivity contribution in [2.24, 2.45) is 0 Å². The van der Waals surface area contributed by atoms with Crippen molar-refractivity contribution in [1.29, 1.82) is 0 Å². The molecule has 31 heavy (non-hydrogen) atoms. The lowest BCUT2D eigenvalue weighted by Crippen LogP contribution is -2.16. The zero-order valence-electron chi connectivity index (χ0n) is 16.3. The van der Waals surface area contributed by atoms with Crippen LogP contribution in [0, 0.1) is 6.92 Å². The molecule has 0 spiro atoms. The number of aromatic nitrogens is 5. The second-order valence-corrected chi connectivity index (χ2v) is 6.58. The van der Waals surface area contributed by atoms with Gasteiger partial charge in [-0.3, -0.25) is 0 Å². The molecule has 158 valence electrons. The van der Waals surface area contributed by atoms with Gasteiger partial charge < -0.3 is 9.26 Å². The van der Waals surface area contributed by atoms with Gasteiger partial charge in [-0.2, -0.15) is 4.98 Å². The van der Waals surface area contributed by atoms with Crippen LogP contribution in [0.5, 0.6) is 5.75 Å². The van der Waals surface area contributed by atoms with Crippen LogP contribution >= 0.6 is 0 Å². The molecule has 0 aliphatic carbocycles. The number of aryl methyl sites for hydroxylation is 1. The van der Waals surface area contributed by atoms with Crippen molar-refractivity contribution >= 4 is 6.08 Å². The van der Waals surface area contributed by atoms with Gasteiger partial charge >= 0.3 is 6.36 Å². The molecule has 0 aliphatic rings. The summed E-state index contributed by atoms with van der Waals surface area (Å²) in [6, 6.07) is 13.0. The van der Waals surface area contributed by atoms with Gasteiger partial charge in [-0.1, -0.05) is 36.0 Å². The lowest BCUT2D eigenvalue weighted by atomic mass is 10.1. The highest BCUT2D eigenvalue weighted by Crippen LogP contribution is 2.26. The van der Waals surface area contributed by atoms with Crippen LogP contribution in [0.2, 0.25) is 0 Å². The highest BCUT2D eigenvalue weighted by atomic mass is 19.4. The Labute approximate surface area is 174 Å². The fourth-order valence-corrected chi connectivity index (χ4v) is 2.89. The Morgan fingerprint density at radius 1 is 1.10 bits per heavy atom. The molecule has 0 saturated heterocycles. The molecule has 2 heterocycles. The van der Waals surface area contributed by atoms with Crippen LogP contribution in [-0.2, 0) is 6.54 Å². The summed E-state index contributed by atoms with van der Waals surface area (Å²) >= 11 is 0. The van der Waals surface area contributed by atoms with E-state index in [1.54, 1.807) is 10.8 Å². The number of nitrogens with zero attached hydrogens (tertiary/aromatic N) is 5. The van der Waals surface area contributed by atoms with Gasteiger partial charge in [0, 0.05) is 5.56 Å². The quantitative estimate of drug-likeness (QED) is 0.436. The molecule has 2 aromatic heterocycles. The lowest BCUT2D eigenvalue weighted by Gasteiger charge is -2.08. The van der Waals surface area contributed by atoms with Crippen molar-refractivity contribution in [2.45, 2.75) is 19.8 Å². The molecule has 10 heteroatoms. The minimum Gasteiger partial charge on any atom is -0.406 e. The van der Waals surface area contributed by atoms with Crippen LogP contribution in [-0.4, -0.2) is 31.3 Å². The summed E-state index contributed by atoms with van der Waals surface area (Å²) in [6.45, 7) is 6.08. The summed E-state index contributed by atoms with van der Waals surface area (Å²) < 4.78 is 47.7. The first kappa shape index (κ1) is 20.3. The van der Waals surface area contributed by atoms with E-state index < -0.39 is 6.36 Å². The molecule has 0 radical (unpaired) electrons. The largest absolute Gasteiger partial charge is 0.573 e. The molecule has 7 nitrogen and oxygen atoms in total. The Balaban J connectivity index is 1.53. The van der Waals surface area contributed by atoms with E-state index in [2.05, 4.69) is 31.5 Å². The first-order valence-electron chi connectivity index (χ1n) is 9.14. The Morgan fingerprint density at radius 2 is 1.87 bits per heavy atom. The number of alkyl halides is 3. The molecule has 0 bridgehead atoms. The van der Waals surface area contributed by atoms with Crippen LogP contribution < -0.4 is 4.74 Å².